The highest BCUT2D eigenvalue weighted by molar-refractivity contribution is 7.18. The SMILES string of the molecule is CN(C)C(=O)CNC(=O)C[NH+]1CCC[C@H]1c1nc2ccccc2s1. The Bertz CT molecular complexity index is 710. The van der Waals surface area contributed by atoms with Crippen LogP contribution in [0.5, 0.6) is 0 Å². The van der Waals surface area contributed by atoms with Crippen molar-refractivity contribution in [1.82, 2.24) is 15.2 Å². The number of nitrogens with one attached hydrogen (secondary N) is 2. The Morgan fingerprint density at radius 3 is 2.92 bits per heavy atom. The molecule has 0 radical (unpaired) electrons. The van der Waals surface area contributed by atoms with Crippen LogP contribution in [0.25, 0.3) is 10.2 Å². The summed E-state index contributed by atoms with van der Waals surface area (Å²) in [6, 6.07) is 8.42. The Morgan fingerprint density at radius 1 is 1.38 bits per heavy atom. The van der Waals surface area contributed by atoms with Crippen molar-refractivity contribution in [2.75, 3.05) is 33.7 Å². The molecule has 2 N–H and O–H groups in total. The molecule has 2 heterocycles. The Balaban J connectivity index is 1.63. The van der Waals surface area contributed by atoms with Gasteiger partial charge in [0.1, 0.15) is 6.04 Å². The van der Waals surface area contributed by atoms with Crippen molar-refractivity contribution < 1.29 is 14.5 Å². The van der Waals surface area contributed by atoms with Gasteiger partial charge in [-0.2, -0.15) is 0 Å². The second-order valence-electron chi connectivity index (χ2n) is 6.36. The molecule has 1 aliphatic heterocycles. The van der Waals surface area contributed by atoms with E-state index in [2.05, 4.69) is 11.4 Å². The third kappa shape index (κ3) is 3.73. The van der Waals surface area contributed by atoms with Crippen molar-refractivity contribution in [1.29, 1.82) is 0 Å². The van der Waals surface area contributed by atoms with Gasteiger partial charge in [0.15, 0.2) is 11.6 Å². The van der Waals surface area contributed by atoms with Crippen LogP contribution < -0.4 is 10.2 Å². The van der Waals surface area contributed by atoms with Crippen molar-refractivity contribution >= 4 is 33.4 Å². The van der Waals surface area contributed by atoms with Crippen molar-refractivity contribution in [3.63, 3.8) is 0 Å². The van der Waals surface area contributed by atoms with E-state index in [4.69, 9.17) is 4.98 Å². The second-order valence-corrected chi connectivity index (χ2v) is 7.43. The molecule has 1 aromatic carbocycles. The monoisotopic (exact) mass is 347 g/mol. The Morgan fingerprint density at radius 2 is 2.17 bits per heavy atom. The third-order valence-corrected chi connectivity index (χ3v) is 5.57. The maximum absolute atomic E-state index is 12.2. The van der Waals surface area contributed by atoms with Gasteiger partial charge in [0.25, 0.3) is 5.91 Å². The van der Waals surface area contributed by atoms with E-state index in [9.17, 15) is 9.59 Å². The summed E-state index contributed by atoms with van der Waals surface area (Å²) < 4.78 is 1.19. The fraction of sp³-hybridized carbons (Fsp3) is 0.471. The summed E-state index contributed by atoms with van der Waals surface area (Å²) >= 11 is 1.72. The highest BCUT2D eigenvalue weighted by Gasteiger charge is 2.34. The van der Waals surface area contributed by atoms with Crippen LogP contribution in [0.4, 0.5) is 0 Å². The van der Waals surface area contributed by atoms with Crippen molar-refractivity contribution in [2.45, 2.75) is 18.9 Å². The number of hydrogen-bond acceptors (Lipinski definition) is 4. The van der Waals surface area contributed by atoms with E-state index in [1.807, 2.05) is 18.2 Å². The van der Waals surface area contributed by atoms with E-state index >= 15 is 0 Å². The number of benzene rings is 1. The fourth-order valence-electron chi connectivity index (χ4n) is 3.06. The zero-order chi connectivity index (χ0) is 17.1. The topological polar surface area (TPSA) is 66.7 Å². The number of rotatable bonds is 5. The van der Waals surface area contributed by atoms with Crippen LogP contribution in [0.2, 0.25) is 0 Å². The Labute approximate surface area is 145 Å². The van der Waals surface area contributed by atoms with Crippen LogP contribution in [0.1, 0.15) is 23.9 Å². The molecular weight excluding hydrogens is 324 g/mol. The smallest absolute Gasteiger partial charge is 0.275 e. The molecule has 1 aliphatic rings. The highest BCUT2D eigenvalue weighted by atomic mass is 32.1. The van der Waals surface area contributed by atoms with Gasteiger partial charge in [0.05, 0.1) is 23.3 Å². The number of carbonyl (C=O) groups excluding carboxylic acids is 2. The number of likely N-dealkylation sites (N-methyl/N-ethyl adjacent to an activating group) is 1. The van der Waals surface area contributed by atoms with Crippen LogP contribution in [0, 0.1) is 0 Å². The summed E-state index contributed by atoms with van der Waals surface area (Å²) in [5.74, 6) is -0.171. The molecule has 2 aromatic rings. The molecule has 1 fully saturated rings. The molecule has 24 heavy (non-hydrogen) atoms. The number of quaternary nitrogens is 1. The largest absolute Gasteiger partial charge is 0.347 e. The molecule has 0 spiro atoms. The first-order chi connectivity index (χ1) is 11.5. The minimum atomic E-state index is -0.0949. The molecule has 6 nitrogen and oxygen atoms in total. The molecule has 0 aliphatic carbocycles. The highest BCUT2D eigenvalue weighted by Crippen LogP contribution is 2.28. The molecule has 3 rings (SSSR count). The first-order valence-electron chi connectivity index (χ1n) is 8.21. The summed E-state index contributed by atoms with van der Waals surface area (Å²) in [5, 5.41) is 3.83. The predicted octanol–water partition coefficient (Wildman–Crippen LogP) is 0.221. The van der Waals surface area contributed by atoms with E-state index in [1.165, 1.54) is 14.5 Å². The van der Waals surface area contributed by atoms with Crippen molar-refractivity contribution in [3.05, 3.63) is 29.3 Å². The zero-order valence-electron chi connectivity index (χ0n) is 14.0. The summed E-state index contributed by atoms with van der Waals surface area (Å²) in [4.78, 5) is 31.2. The normalized spacial score (nSPS) is 20.2. The lowest BCUT2D eigenvalue weighted by Gasteiger charge is -2.19. The molecular formula is C17H23N4O2S+. The minimum absolute atomic E-state index is 0.0604. The van der Waals surface area contributed by atoms with Gasteiger partial charge in [-0.3, -0.25) is 9.59 Å². The number of hydrogen-bond donors (Lipinski definition) is 2. The molecule has 1 aromatic heterocycles. The average Bonchev–Trinajstić information content (AvgIpc) is 3.18. The van der Waals surface area contributed by atoms with E-state index in [0.29, 0.717) is 6.54 Å². The third-order valence-electron chi connectivity index (χ3n) is 4.42. The second kappa shape index (κ2) is 7.27. The number of nitrogens with zero attached hydrogens (tertiary/aromatic N) is 2. The van der Waals surface area contributed by atoms with Crippen LogP contribution >= 0.6 is 11.3 Å². The number of likely N-dealkylation sites (tertiary alicyclic amines) is 1. The lowest BCUT2D eigenvalue weighted by molar-refractivity contribution is -0.910. The first kappa shape index (κ1) is 16.9. The zero-order valence-corrected chi connectivity index (χ0v) is 14.9. The van der Waals surface area contributed by atoms with Crippen LogP contribution in [-0.2, 0) is 9.59 Å². The van der Waals surface area contributed by atoms with Gasteiger partial charge in [-0.05, 0) is 12.1 Å². The molecule has 2 amide bonds. The summed E-state index contributed by atoms with van der Waals surface area (Å²) in [6.45, 7) is 1.42. The van der Waals surface area contributed by atoms with Gasteiger partial charge in [0.2, 0.25) is 5.91 Å². The summed E-state index contributed by atoms with van der Waals surface area (Å²) in [5.41, 5.74) is 1.03. The standard InChI is InChI=1S/C17H22N4O2S/c1-20(2)16(23)10-18-15(22)11-21-9-5-7-13(21)17-19-12-6-3-4-8-14(12)24-17/h3-4,6,8,13H,5,7,9-11H2,1-2H3,(H,18,22)/p+1/t13-/m0/s1. The minimum Gasteiger partial charge on any atom is -0.347 e. The molecule has 0 saturated carbocycles. The molecule has 0 bridgehead atoms. The Hall–Kier alpha value is -1.99. The van der Waals surface area contributed by atoms with Gasteiger partial charge in [-0.1, -0.05) is 12.1 Å². The van der Waals surface area contributed by atoms with Crippen LogP contribution in [-0.4, -0.2) is 55.4 Å². The van der Waals surface area contributed by atoms with Crippen LogP contribution in [0.15, 0.2) is 24.3 Å². The van der Waals surface area contributed by atoms with E-state index in [-0.39, 0.29) is 24.4 Å². The lowest BCUT2D eigenvalue weighted by atomic mass is 10.2. The lowest BCUT2D eigenvalue weighted by Crippen LogP contribution is -3.11. The van der Waals surface area contributed by atoms with Crippen molar-refractivity contribution in [3.8, 4) is 0 Å². The van der Waals surface area contributed by atoms with E-state index in [1.54, 1.807) is 25.4 Å². The van der Waals surface area contributed by atoms with Gasteiger partial charge < -0.3 is 15.1 Å². The van der Waals surface area contributed by atoms with Gasteiger partial charge in [-0.25, -0.2) is 4.98 Å². The molecule has 1 unspecified atom stereocenters. The molecule has 1 saturated heterocycles. The average molecular weight is 347 g/mol. The van der Waals surface area contributed by atoms with Gasteiger partial charge in [0, 0.05) is 26.9 Å². The number of thiazole rings is 1. The fourth-order valence-corrected chi connectivity index (χ4v) is 4.22. The number of carbonyl (C=O) groups is 2. The van der Waals surface area contributed by atoms with Gasteiger partial charge >= 0.3 is 0 Å². The maximum atomic E-state index is 12.2. The van der Waals surface area contributed by atoms with E-state index in [0.717, 1.165) is 29.9 Å². The Kier molecular flexibility index (Phi) is 5.11. The van der Waals surface area contributed by atoms with E-state index < -0.39 is 0 Å². The summed E-state index contributed by atoms with van der Waals surface area (Å²) in [6.07, 6.45) is 2.15. The number of amides is 2. The molecule has 128 valence electrons. The maximum Gasteiger partial charge on any atom is 0.275 e. The molecule has 7 heteroatoms. The number of aromatic nitrogens is 1. The number of para-hydroxylation sites is 1. The van der Waals surface area contributed by atoms with Crippen LogP contribution in [0.3, 0.4) is 0 Å². The predicted molar refractivity (Wildman–Crippen MR) is 94.0 cm³/mol. The quantitative estimate of drug-likeness (QED) is 0.813. The van der Waals surface area contributed by atoms with Gasteiger partial charge in [-0.15, -0.1) is 11.3 Å². The first-order valence-corrected chi connectivity index (χ1v) is 9.03. The number of fused-ring (bicyclic) bond motifs is 1. The molecule has 2 atom stereocenters. The van der Waals surface area contributed by atoms with Crippen molar-refractivity contribution in [2.24, 2.45) is 0 Å². The summed E-state index contributed by atoms with van der Waals surface area (Å²) in [7, 11) is 3.37.